The zero-order valence-corrected chi connectivity index (χ0v) is 14.7. The summed E-state index contributed by atoms with van der Waals surface area (Å²) in [5.41, 5.74) is 5.86. The first-order chi connectivity index (χ1) is 12.8. The van der Waals surface area contributed by atoms with Gasteiger partial charge in [0.15, 0.2) is 0 Å². The summed E-state index contributed by atoms with van der Waals surface area (Å²) in [6, 6.07) is 4.46. The number of fused-ring (bicyclic) bond motifs is 1. The van der Waals surface area contributed by atoms with E-state index in [0.29, 0.717) is 0 Å². The van der Waals surface area contributed by atoms with E-state index in [1.165, 1.54) is 19.1 Å². The smallest absolute Gasteiger partial charge is 0.322 e. The highest BCUT2D eigenvalue weighted by Gasteiger charge is 2.46. The normalized spacial score (nSPS) is 20.7. The molecule has 2 N–H and O–H groups in total. The Kier molecular flexibility index (Phi) is 5.04. The van der Waals surface area contributed by atoms with Gasteiger partial charge in [0.25, 0.3) is 17.7 Å². The molecule has 1 fully saturated rings. The number of nitrogens with two attached hydrogens (primary N) is 1. The monoisotopic (exact) mass is 373 g/mol. The Morgan fingerprint density at radius 1 is 1.19 bits per heavy atom. The van der Waals surface area contributed by atoms with Gasteiger partial charge >= 0.3 is 5.97 Å². The van der Waals surface area contributed by atoms with Crippen LogP contribution < -0.4 is 5.73 Å². The van der Waals surface area contributed by atoms with Crippen molar-refractivity contribution in [2.45, 2.75) is 31.8 Å². The molecule has 142 valence electrons. The third kappa shape index (κ3) is 3.33. The van der Waals surface area contributed by atoms with Crippen LogP contribution in [0.15, 0.2) is 24.3 Å². The average Bonchev–Trinajstić information content (AvgIpc) is 2.89. The van der Waals surface area contributed by atoms with Crippen molar-refractivity contribution in [2.24, 2.45) is 5.73 Å². The molecule has 27 heavy (non-hydrogen) atoms. The van der Waals surface area contributed by atoms with Crippen LogP contribution in [-0.4, -0.2) is 64.6 Å². The van der Waals surface area contributed by atoms with Crippen LogP contribution in [0.4, 0.5) is 0 Å². The molecular formula is C18H19N3O6. The first-order valence-corrected chi connectivity index (χ1v) is 8.56. The van der Waals surface area contributed by atoms with Crippen LogP contribution in [0.25, 0.3) is 0 Å². The molecule has 0 saturated carbocycles. The van der Waals surface area contributed by atoms with Gasteiger partial charge in [-0.2, -0.15) is 0 Å². The van der Waals surface area contributed by atoms with E-state index in [0.717, 1.165) is 9.80 Å². The minimum atomic E-state index is -1.06. The molecule has 1 aromatic carbocycles. The van der Waals surface area contributed by atoms with E-state index in [-0.39, 0.29) is 37.1 Å². The lowest BCUT2D eigenvalue weighted by Gasteiger charge is -2.34. The number of amides is 4. The summed E-state index contributed by atoms with van der Waals surface area (Å²) in [6.45, 7) is 1.10. The first-order valence-electron chi connectivity index (χ1n) is 8.56. The van der Waals surface area contributed by atoms with Crippen LogP contribution in [0.1, 0.15) is 40.5 Å². The van der Waals surface area contributed by atoms with Crippen LogP contribution in [0, 0.1) is 0 Å². The predicted octanol–water partition coefficient (Wildman–Crippen LogP) is -0.309. The molecule has 1 unspecified atom stereocenters. The van der Waals surface area contributed by atoms with Gasteiger partial charge in [0, 0.05) is 6.42 Å². The number of rotatable bonds is 5. The number of esters is 1. The fraction of sp³-hybridized carbons (Fsp3) is 0.389. The van der Waals surface area contributed by atoms with E-state index >= 15 is 0 Å². The molecule has 9 nitrogen and oxygen atoms in total. The van der Waals surface area contributed by atoms with Gasteiger partial charge in [-0.1, -0.05) is 12.1 Å². The molecule has 2 aliphatic heterocycles. The third-order valence-electron chi connectivity index (χ3n) is 4.55. The summed E-state index contributed by atoms with van der Waals surface area (Å²) in [5, 5.41) is 0. The van der Waals surface area contributed by atoms with Gasteiger partial charge in [0.2, 0.25) is 5.91 Å². The molecule has 0 spiro atoms. The summed E-state index contributed by atoms with van der Waals surface area (Å²) >= 11 is 0. The van der Waals surface area contributed by atoms with Crippen LogP contribution >= 0.6 is 0 Å². The maximum absolute atomic E-state index is 12.8. The fourth-order valence-corrected chi connectivity index (χ4v) is 3.16. The van der Waals surface area contributed by atoms with Gasteiger partial charge in [0.1, 0.15) is 18.7 Å². The van der Waals surface area contributed by atoms with Crippen LogP contribution in [0.5, 0.6) is 0 Å². The van der Waals surface area contributed by atoms with E-state index in [2.05, 4.69) is 0 Å². The molecule has 3 rings (SSSR count). The van der Waals surface area contributed by atoms with Crippen molar-refractivity contribution < 1.29 is 28.7 Å². The van der Waals surface area contributed by atoms with Crippen LogP contribution in [0.2, 0.25) is 0 Å². The van der Waals surface area contributed by atoms with E-state index in [9.17, 15) is 24.0 Å². The summed E-state index contributed by atoms with van der Waals surface area (Å²) in [7, 11) is 0. The molecule has 0 radical (unpaired) electrons. The Labute approximate surface area is 155 Å². The Morgan fingerprint density at radius 2 is 1.78 bits per heavy atom. The molecule has 2 heterocycles. The second kappa shape index (κ2) is 7.28. The number of ether oxygens (including phenoxy) is 1. The van der Waals surface area contributed by atoms with Crippen molar-refractivity contribution >= 4 is 29.6 Å². The molecule has 0 bridgehead atoms. The van der Waals surface area contributed by atoms with Crippen molar-refractivity contribution in [3.05, 3.63) is 35.4 Å². The Morgan fingerprint density at radius 3 is 2.33 bits per heavy atom. The minimum Gasteiger partial charge on any atom is -0.463 e. The number of carbonyl (C=O) groups is 5. The van der Waals surface area contributed by atoms with Crippen molar-refractivity contribution in [3.63, 3.8) is 0 Å². The minimum absolute atomic E-state index is 0.00501. The lowest BCUT2D eigenvalue weighted by atomic mass is 10.0. The van der Waals surface area contributed by atoms with E-state index in [4.69, 9.17) is 10.5 Å². The third-order valence-corrected chi connectivity index (χ3v) is 4.55. The van der Waals surface area contributed by atoms with Gasteiger partial charge in [-0.25, -0.2) is 0 Å². The standard InChI is InChI=1S/C18H19N3O6/c1-10(19)18(26)27-9-8-20-14(22)7-6-13(17(20)25)21-15(23)11-4-2-3-5-12(11)16(21)24/h2-5,10,13H,6-9,19H2,1H3/t10-,13?/m0/s1. The van der Waals surface area contributed by atoms with Crippen molar-refractivity contribution in [3.8, 4) is 0 Å². The highest BCUT2D eigenvalue weighted by Crippen LogP contribution is 2.28. The predicted molar refractivity (Wildman–Crippen MR) is 91.3 cm³/mol. The molecule has 1 aromatic rings. The Balaban J connectivity index is 1.73. The number of carbonyl (C=O) groups excluding carboxylic acids is 5. The number of hydrogen-bond donors (Lipinski definition) is 1. The summed E-state index contributed by atoms with van der Waals surface area (Å²) in [6.07, 6.45) is 0.0737. The van der Waals surface area contributed by atoms with Gasteiger partial charge in [0.05, 0.1) is 17.7 Å². The average molecular weight is 373 g/mol. The quantitative estimate of drug-likeness (QED) is 0.554. The second-order valence-corrected chi connectivity index (χ2v) is 6.42. The molecule has 0 aromatic heterocycles. The highest BCUT2D eigenvalue weighted by atomic mass is 16.5. The molecule has 2 atom stereocenters. The summed E-state index contributed by atoms with van der Waals surface area (Å²) < 4.78 is 4.90. The van der Waals surface area contributed by atoms with Gasteiger partial charge in [-0.15, -0.1) is 0 Å². The molecule has 0 aliphatic carbocycles. The molecular weight excluding hydrogens is 354 g/mol. The van der Waals surface area contributed by atoms with Gasteiger partial charge in [-0.3, -0.25) is 33.8 Å². The lowest BCUT2D eigenvalue weighted by molar-refractivity contribution is -0.155. The van der Waals surface area contributed by atoms with E-state index in [1.54, 1.807) is 12.1 Å². The first kappa shape index (κ1) is 18.7. The van der Waals surface area contributed by atoms with Crippen LogP contribution in [-0.2, 0) is 19.1 Å². The number of imide groups is 2. The number of piperidine rings is 1. The maximum atomic E-state index is 12.8. The Bertz CT molecular complexity index is 799. The lowest BCUT2D eigenvalue weighted by Crippen LogP contribution is -2.56. The van der Waals surface area contributed by atoms with E-state index < -0.39 is 41.7 Å². The Hall–Kier alpha value is -3.07. The molecule has 4 amide bonds. The number of benzene rings is 1. The van der Waals surface area contributed by atoms with Gasteiger partial charge in [-0.05, 0) is 25.5 Å². The maximum Gasteiger partial charge on any atom is 0.322 e. The SMILES string of the molecule is C[C@H](N)C(=O)OCCN1C(=O)CCC(N2C(=O)c3ccccc3C2=O)C1=O. The zero-order valence-electron chi connectivity index (χ0n) is 14.7. The van der Waals surface area contributed by atoms with Gasteiger partial charge < -0.3 is 10.5 Å². The van der Waals surface area contributed by atoms with Crippen LogP contribution in [0.3, 0.4) is 0 Å². The molecule has 1 saturated heterocycles. The van der Waals surface area contributed by atoms with Crippen molar-refractivity contribution in [1.29, 1.82) is 0 Å². The number of likely N-dealkylation sites (tertiary alicyclic amines) is 1. The number of hydrogen-bond acceptors (Lipinski definition) is 7. The highest BCUT2D eigenvalue weighted by molar-refractivity contribution is 6.23. The molecule has 9 heteroatoms. The summed E-state index contributed by atoms with van der Waals surface area (Å²) in [5.74, 6) is -2.84. The largest absolute Gasteiger partial charge is 0.463 e. The van der Waals surface area contributed by atoms with E-state index in [1.807, 2.05) is 0 Å². The zero-order chi connectivity index (χ0) is 19.7. The van der Waals surface area contributed by atoms with Crippen molar-refractivity contribution in [2.75, 3.05) is 13.2 Å². The number of nitrogens with zero attached hydrogens (tertiary/aromatic N) is 2. The van der Waals surface area contributed by atoms with Crippen molar-refractivity contribution in [1.82, 2.24) is 9.80 Å². The molecule has 2 aliphatic rings. The summed E-state index contributed by atoms with van der Waals surface area (Å²) in [4.78, 5) is 63.3. The topological polar surface area (TPSA) is 127 Å². The second-order valence-electron chi connectivity index (χ2n) is 6.42. The fourth-order valence-electron chi connectivity index (χ4n) is 3.16.